The van der Waals surface area contributed by atoms with Gasteiger partial charge in [-0.25, -0.2) is 0 Å². The quantitative estimate of drug-likeness (QED) is 0.739. The first kappa shape index (κ1) is 16.9. The molecule has 0 aliphatic heterocycles. The van der Waals surface area contributed by atoms with Crippen molar-refractivity contribution in [2.24, 2.45) is 5.73 Å². The normalized spacial score (nSPS) is 11.9. The van der Waals surface area contributed by atoms with Crippen LogP contribution in [0.5, 0.6) is 0 Å². The van der Waals surface area contributed by atoms with E-state index in [1.165, 1.54) is 6.20 Å². The van der Waals surface area contributed by atoms with E-state index in [1.54, 1.807) is 24.3 Å². The van der Waals surface area contributed by atoms with E-state index in [2.05, 4.69) is 10.3 Å². The Bertz CT molecular complexity index is 943. The van der Waals surface area contributed by atoms with Gasteiger partial charge in [-0.05, 0) is 29.8 Å². The summed E-state index contributed by atoms with van der Waals surface area (Å²) in [6, 6.07) is 15.5. The Labute approximate surface area is 149 Å². The van der Waals surface area contributed by atoms with Gasteiger partial charge in [0.25, 0.3) is 5.91 Å². The zero-order valence-electron chi connectivity index (χ0n) is 13.3. The third kappa shape index (κ3) is 4.14. The molecular weight excluding hydrogens is 338 g/mol. The Kier molecular flexibility index (Phi) is 4.95. The summed E-state index contributed by atoms with van der Waals surface area (Å²) in [5, 5.41) is 4.08. The summed E-state index contributed by atoms with van der Waals surface area (Å²) in [5.41, 5.74) is 7.42. The zero-order valence-corrected chi connectivity index (χ0v) is 14.0. The molecule has 3 N–H and O–H groups in total. The standard InChI is InChI=1S/C19H16ClN3O2/c20-15-6-3-4-12(8-15)9-17(18(21)24)23-19(25)14-10-13-5-1-2-7-16(13)22-11-14/h1-8,10-11,17H,9H2,(H2,21,24)(H,23,25)/t17-/m1/s1. The minimum Gasteiger partial charge on any atom is -0.368 e. The largest absolute Gasteiger partial charge is 0.368 e. The predicted octanol–water partition coefficient (Wildman–Crippen LogP) is 2.71. The third-order valence-corrected chi connectivity index (χ3v) is 4.07. The van der Waals surface area contributed by atoms with Crippen LogP contribution in [0.2, 0.25) is 5.02 Å². The summed E-state index contributed by atoms with van der Waals surface area (Å²) in [6.45, 7) is 0. The molecule has 6 heteroatoms. The molecule has 0 bridgehead atoms. The Morgan fingerprint density at radius 2 is 1.92 bits per heavy atom. The molecule has 0 saturated carbocycles. The van der Waals surface area contributed by atoms with E-state index < -0.39 is 17.9 Å². The Morgan fingerprint density at radius 1 is 1.12 bits per heavy atom. The first-order valence-corrected chi connectivity index (χ1v) is 8.10. The lowest BCUT2D eigenvalue weighted by molar-refractivity contribution is -0.119. The third-order valence-electron chi connectivity index (χ3n) is 3.83. The van der Waals surface area contributed by atoms with E-state index in [-0.39, 0.29) is 6.42 Å². The number of rotatable bonds is 5. The van der Waals surface area contributed by atoms with Crippen molar-refractivity contribution in [1.82, 2.24) is 10.3 Å². The van der Waals surface area contributed by atoms with E-state index >= 15 is 0 Å². The molecule has 0 saturated heterocycles. The van der Waals surface area contributed by atoms with E-state index in [0.717, 1.165) is 16.5 Å². The van der Waals surface area contributed by atoms with Gasteiger partial charge in [0, 0.05) is 23.0 Å². The molecule has 0 aliphatic carbocycles. The topological polar surface area (TPSA) is 85.1 Å². The highest BCUT2D eigenvalue weighted by Gasteiger charge is 2.20. The van der Waals surface area contributed by atoms with E-state index in [4.69, 9.17) is 17.3 Å². The summed E-state index contributed by atoms with van der Waals surface area (Å²) >= 11 is 5.95. The maximum Gasteiger partial charge on any atom is 0.253 e. The predicted molar refractivity (Wildman–Crippen MR) is 97.3 cm³/mol. The number of para-hydroxylation sites is 1. The fourth-order valence-corrected chi connectivity index (χ4v) is 2.77. The highest BCUT2D eigenvalue weighted by Crippen LogP contribution is 2.14. The number of benzene rings is 2. The van der Waals surface area contributed by atoms with Crippen LogP contribution in [-0.2, 0) is 11.2 Å². The van der Waals surface area contributed by atoms with Crippen molar-refractivity contribution in [2.45, 2.75) is 12.5 Å². The van der Waals surface area contributed by atoms with Crippen LogP contribution in [0.25, 0.3) is 10.9 Å². The fourth-order valence-electron chi connectivity index (χ4n) is 2.56. The number of nitrogens with two attached hydrogens (primary N) is 1. The van der Waals surface area contributed by atoms with Crippen LogP contribution in [0.1, 0.15) is 15.9 Å². The lowest BCUT2D eigenvalue weighted by atomic mass is 10.0. The van der Waals surface area contributed by atoms with Crippen LogP contribution >= 0.6 is 11.6 Å². The molecule has 5 nitrogen and oxygen atoms in total. The van der Waals surface area contributed by atoms with Gasteiger partial charge >= 0.3 is 0 Å². The molecule has 1 heterocycles. The van der Waals surface area contributed by atoms with Crippen molar-refractivity contribution in [1.29, 1.82) is 0 Å². The number of amides is 2. The Morgan fingerprint density at radius 3 is 2.68 bits per heavy atom. The van der Waals surface area contributed by atoms with Crippen molar-refractivity contribution in [3.63, 3.8) is 0 Å². The summed E-state index contributed by atoms with van der Waals surface area (Å²) in [5.74, 6) is -1.01. The number of halogens is 1. The van der Waals surface area contributed by atoms with Crippen LogP contribution in [0.4, 0.5) is 0 Å². The van der Waals surface area contributed by atoms with Gasteiger partial charge in [0.05, 0.1) is 11.1 Å². The molecule has 0 aliphatic rings. The van der Waals surface area contributed by atoms with Crippen LogP contribution in [0, 0.1) is 0 Å². The highest BCUT2D eigenvalue weighted by molar-refractivity contribution is 6.30. The summed E-state index contributed by atoms with van der Waals surface area (Å²) in [7, 11) is 0. The maximum absolute atomic E-state index is 12.5. The number of hydrogen-bond acceptors (Lipinski definition) is 3. The van der Waals surface area contributed by atoms with Crippen molar-refractivity contribution in [3.8, 4) is 0 Å². The molecule has 3 aromatic rings. The molecule has 126 valence electrons. The van der Waals surface area contributed by atoms with E-state index in [0.29, 0.717) is 10.6 Å². The minimum atomic E-state index is -0.836. The van der Waals surface area contributed by atoms with Crippen LogP contribution in [0.15, 0.2) is 60.8 Å². The lowest BCUT2D eigenvalue weighted by Gasteiger charge is -2.16. The van der Waals surface area contributed by atoms with Gasteiger partial charge < -0.3 is 11.1 Å². The molecular formula is C19H16ClN3O2. The lowest BCUT2D eigenvalue weighted by Crippen LogP contribution is -2.45. The average molecular weight is 354 g/mol. The number of aromatic nitrogens is 1. The number of nitrogens with zero attached hydrogens (tertiary/aromatic N) is 1. The SMILES string of the molecule is NC(=O)[C@@H](Cc1cccc(Cl)c1)NC(=O)c1cnc2ccccc2c1. The maximum atomic E-state index is 12.5. The summed E-state index contributed by atoms with van der Waals surface area (Å²) in [4.78, 5) is 28.5. The molecule has 1 aromatic heterocycles. The van der Waals surface area contributed by atoms with Crippen molar-refractivity contribution in [2.75, 3.05) is 0 Å². The van der Waals surface area contributed by atoms with Crippen molar-refractivity contribution >= 4 is 34.3 Å². The summed E-state index contributed by atoms with van der Waals surface area (Å²) in [6.07, 6.45) is 1.75. The van der Waals surface area contributed by atoms with Gasteiger partial charge in [-0.3, -0.25) is 14.6 Å². The molecule has 0 spiro atoms. The molecule has 2 aromatic carbocycles. The van der Waals surface area contributed by atoms with Gasteiger partial charge in [-0.15, -0.1) is 0 Å². The first-order chi connectivity index (χ1) is 12.0. The first-order valence-electron chi connectivity index (χ1n) is 7.72. The fraction of sp³-hybridized carbons (Fsp3) is 0.105. The molecule has 0 radical (unpaired) electrons. The highest BCUT2D eigenvalue weighted by atomic mass is 35.5. The number of carbonyl (C=O) groups is 2. The number of primary amides is 1. The van der Waals surface area contributed by atoms with Crippen molar-refractivity contribution < 1.29 is 9.59 Å². The second kappa shape index (κ2) is 7.32. The van der Waals surface area contributed by atoms with Gasteiger partial charge in [0.15, 0.2) is 0 Å². The minimum absolute atomic E-state index is 0.267. The molecule has 2 amide bonds. The van der Waals surface area contributed by atoms with E-state index in [1.807, 2.05) is 30.3 Å². The number of fused-ring (bicyclic) bond motifs is 1. The number of carbonyl (C=O) groups excluding carboxylic acids is 2. The summed E-state index contributed by atoms with van der Waals surface area (Å²) < 4.78 is 0. The smallest absolute Gasteiger partial charge is 0.253 e. The monoisotopic (exact) mass is 353 g/mol. The van der Waals surface area contributed by atoms with Crippen LogP contribution in [-0.4, -0.2) is 22.8 Å². The number of nitrogens with one attached hydrogen (secondary N) is 1. The van der Waals surface area contributed by atoms with Gasteiger partial charge in [0.2, 0.25) is 5.91 Å². The van der Waals surface area contributed by atoms with Gasteiger partial charge in [0.1, 0.15) is 6.04 Å². The Hall–Kier alpha value is -2.92. The number of hydrogen-bond donors (Lipinski definition) is 2. The zero-order chi connectivity index (χ0) is 17.8. The molecule has 1 atom stereocenters. The molecule has 3 rings (SSSR count). The van der Waals surface area contributed by atoms with Crippen LogP contribution in [0.3, 0.4) is 0 Å². The second-order valence-corrected chi connectivity index (χ2v) is 6.12. The molecule has 25 heavy (non-hydrogen) atoms. The van der Waals surface area contributed by atoms with E-state index in [9.17, 15) is 9.59 Å². The van der Waals surface area contributed by atoms with Gasteiger partial charge in [-0.2, -0.15) is 0 Å². The van der Waals surface area contributed by atoms with Crippen molar-refractivity contribution in [3.05, 3.63) is 76.9 Å². The van der Waals surface area contributed by atoms with Crippen LogP contribution < -0.4 is 11.1 Å². The molecule has 0 fully saturated rings. The Balaban J connectivity index is 1.78. The average Bonchev–Trinajstić information content (AvgIpc) is 2.60. The molecule has 0 unspecified atom stereocenters. The number of pyridine rings is 1. The second-order valence-electron chi connectivity index (χ2n) is 5.68. The van der Waals surface area contributed by atoms with Gasteiger partial charge in [-0.1, -0.05) is 41.9 Å².